The summed E-state index contributed by atoms with van der Waals surface area (Å²) in [4.78, 5) is 8.39. The number of nitrogens with zero attached hydrogens (tertiary/aromatic N) is 2. The maximum atomic E-state index is 13.7. The zero-order chi connectivity index (χ0) is 13.8. The summed E-state index contributed by atoms with van der Waals surface area (Å²) >= 11 is 5.72. The molecule has 1 aromatic carbocycles. The van der Waals surface area contributed by atoms with Crippen LogP contribution < -0.4 is 11.3 Å². The van der Waals surface area contributed by atoms with Gasteiger partial charge < -0.3 is 0 Å². The van der Waals surface area contributed by atoms with Gasteiger partial charge >= 0.3 is 0 Å². The molecule has 2 rings (SSSR count). The molecule has 0 saturated carbocycles. The highest BCUT2D eigenvalue weighted by molar-refractivity contribution is 6.30. The third-order valence-electron chi connectivity index (χ3n) is 2.80. The van der Waals surface area contributed by atoms with Crippen LogP contribution in [0, 0.1) is 12.7 Å². The van der Waals surface area contributed by atoms with Crippen molar-refractivity contribution in [3.63, 3.8) is 0 Å². The lowest BCUT2D eigenvalue weighted by molar-refractivity contribution is 0.517. The minimum absolute atomic E-state index is 0.302. The monoisotopic (exact) mass is 280 g/mol. The van der Waals surface area contributed by atoms with Crippen LogP contribution in [0.25, 0.3) is 0 Å². The largest absolute Gasteiger partial charge is 0.271 e. The number of aromatic nitrogens is 2. The second-order valence-corrected chi connectivity index (χ2v) is 4.68. The fourth-order valence-corrected chi connectivity index (χ4v) is 1.90. The molecule has 6 heteroatoms. The third kappa shape index (κ3) is 3.47. The van der Waals surface area contributed by atoms with Crippen LogP contribution in [0.15, 0.2) is 30.6 Å². The summed E-state index contributed by atoms with van der Waals surface area (Å²) in [7, 11) is 0. The number of nitrogens with one attached hydrogen (secondary N) is 1. The predicted molar refractivity (Wildman–Crippen MR) is 71.9 cm³/mol. The van der Waals surface area contributed by atoms with Crippen LogP contribution >= 0.6 is 11.6 Å². The Morgan fingerprint density at radius 3 is 2.74 bits per heavy atom. The van der Waals surface area contributed by atoms with Crippen molar-refractivity contribution < 1.29 is 4.39 Å². The Morgan fingerprint density at radius 2 is 2.16 bits per heavy atom. The van der Waals surface area contributed by atoms with Crippen LogP contribution in [0.3, 0.4) is 0 Å². The zero-order valence-electron chi connectivity index (χ0n) is 10.4. The lowest BCUT2D eigenvalue weighted by Crippen LogP contribution is -2.30. The molecule has 0 aliphatic carbocycles. The Labute approximate surface area is 115 Å². The van der Waals surface area contributed by atoms with Crippen LogP contribution in [0.1, 0.15) is 23.0 Å². The molecule has 0 saturated heterocycles. The van der Waals surface area contributed by atoms with Crippen LogP contribution in [-0.4, -0.2) is 9.97 Å². The van der Waals surface area contributed by atoms with E-state index in [4.69, 9.17) is 17.4 Å². The third-order valence-corrected chi connectivity index (χ3v) is 3.03. The molecule has 0 amide bonds. The Hall–Kier alpha value is -1.56. The topological polar surface area (TPSA) is 63.8 Å². The van der Waals surface area contributed by atoms with E-state index < -0.39 is 0 Å². The summed E-state index contributed by atoms with van der Waals surface area (Å²) in [6.07, 6.45) is 3.66. The van der Waals surface area contributed by atoms with Gasteiger partial charge in [0.2, 0.25) is 0 Å². The van der Waals surface area contributed by atoms with Gasteiger partial charge in [-0.05, 0) is 31.0 Å². The first kappa shape index (κ1) is 13.9. The van der Waals surface area contributed by atoms with E-state index in [0.717, 1.165) is 5.69 Å². The Balaban J connectivity index is 2.21. The number of halogens is 2. The molecular weight excluding hydrogens is 267 g/mol. The zero-order valence-corrected chi connectivity index (χ0v) is 11.2. The fraction of sp³-hybridized carbons (Fsp3) is 0.231. The molecule has 100 valence electrons. The Morgan fingerprint density at radius 1 is 1.37 bits per heavy atom. The number of rotatable bonds is 4. The molecule has 1 unspecified atom stereocenters. The van der Waals surface area contributed by atoms with Gasteiger partial charge in [0.15, 0.2) is 0 Å². The van der Waals surface area contributed by atoms with E-state index in [0.29, 0.717) is 22.7 Å². The molecule has 1 atom stereocenters. The molecule has 1 heterocycles. The van der Waals surface area contributed by atoms with Gasteiger partial charge in [0.05, 0.1) is 23.6 Å². The Kier molecular flexibility index (Phi) is 4.42. The number of hydrazine groups is 1. The average Bonchev–Trinajstić information content (AvgIpc) is 2.39. The number of nitrogens with two attached hydrogens (primary N) is 1. The molecule has 0 radical (unpaired) electrons. The van der Waals surface area contributed by atoms with E-state index in [-0.39, 0.29) is 11.9 Å². The van der Waals surface area contributed by atoms with Crippen molar-refractivity contribution in [1.82, 2.24) is 15.4 Å². The van der Waals surface area contributed by atoms with E-state index in [1.165, 1.54) is 6.07 Å². The summed E-state index contributed by atoms with van der Waals surface area (Å²) in [5.41, 5.74) is 4.63. The van der Waals surface area contributed by atoms with Gasteiger partial charge in [-0.15, -0.1) is 0 Å². The molecule has 19 heavy (non-hydrogen) atoms. The van der Waals surface area contributed by atoms with Crippen LogP contribution in [0.4, 0.5) is 4.39 Å². The van der Waals surface area contributed by atoms with Crippen LogP contribution in [0.2, 0.25) is 5.02 Å². The molecule has 0 aliphatic heterocycles. The minimum Gasteiger partial charge on any atom is -0.271 e. The van der Waals surface area contributed by atoms with E-state index >= 15 is 0 Å². The summed E-state index contributed by atoms with van der Waals surface area (Å²) in [5.74, 6) is 5.15. The second kappa shape index (κ2) is 6.06. The van der Waals surface area contributed by atoms with E-state index in [9.17, 15) is 4.39 Å². The summed E-state index contributed by atoms with van der Waals surface area (Å²) in [6.45, 7) is 1.85. The van der Waals surface area contributed by atoms with Crippen molar-refractivity contribution in [2.24, 2.45) is 5.84 Å². The maximum Gasteiger partial charge on any atom is 0.127 e. The van der Waals surface area contributed by atoms with Crippen molar-refractivity contribution in [2.75, 3.05) is 0 Å². The number of hydrogen-bond acceptors (Lipinski definition) is 4. The maximum absolute atomic E-state index is 13.7. The second-order valence-electron chi connectivity index (χ2n) is 4.24. The lowest BCUT2D eigenvalue weighted by Gasteiger charge is -2.15. The predicted octanol–water partition coefficient (Wildman–Crippen LogP) is 2.32. The first-order chi connectivity index (χ1) is 9.10. The number of hydrogen-bond donors (Lipinski definition) is 2. The quantitative estimate of drug-likeness (QED) is 0.666. The smallest absolute Gasteiger partial charge is 0.127 e. The van der Waals surface area contributed by atoms with Gasteiger partial charge in [0.25, 0.3) is 0 Å². The lowest BCUT2D eigenvalue weighted by atomic mass is 10.0. The van der Waals surface area contributed by atoms with Gasteiger partial charge in [-0.25, -0.2) is 4.39 Å². The Bertz CT molecular complexity index is 559. The molecule has 0 aliphatic rings. The van der Waals surface area contributed by atoms with Crippen LogP contribution in [0.5, 0.6) is 0 Å². The van der Waals surface area contributed by atoms with Gasteiger partial charge in [0.1, 0.15) is 5.82 Å². The summed E-state index contributed by atoms with van der Waals surface area (Å²) in [5, 5.41) is 0.369. The van der Waals surface area contributed by atoms with E-state index in [1.807, 2.05) is 6.92 Å². The van der Waals surface area contributed by atoms with Crippen molar-refractivity contribution in [1.29, 1.82) is 0 Å². The van der Waals surface area contributed by atoms with Crippen molar-refractivity contribution in [3.05, 3.63) is 58.4 Å². The summed E-state index contributed by atoms with van der Waals surface area (Å²) in [6, 6.07) is 4.27. The molecule has 0 spiro atoms. The first-order valence-corrected chi connectivity index (χ1v) is 6.16. The molecule has 3 N–H and O–H groups in total. The van der Waals surface area contributed by atoms with E-state index in [1.54, 1.807) is 24.5 Å². The van der Waals surface area contributed by atoms with Crippen LogP contribution in [-0.2, 0) is 6.42 Å². The van der Waals surface area contributed by atoms with Gasteiger partial charge in [-0.1, -0.05) is 17.7 Å². The molecule has 0 fully saturated rings. The molecule has 2 aromatic rings. The normalized spacial score (nSPS) is 12.4. The fourth-order valence-electron chi connectivity index (χ4n) is 1.74. The highest BCUT2D eigenvalue weighted by Gasteiger charge is 2.15. The highest BCUT2D eigenvalue weighted by atomic mass is 35.5. The van der Waals surface area contributed by atoms with Gasteiger partial charge in [0, 0.05) is 11.2 Å². The average molecular weight is 281 g/mol. The van der Waals surface area contributed by atoms with Crippen molar-refractivity contribution >= 4 is 11.6 Å². The highest BCUT2D eigenvalue weighted by Crippen LogP contribution is 2.20. The standard InChI is InChI=1S/C13H14ClFN4/c1-8-6-18-13(7-17-8)12(19-16)4-9-2-3-10(14)5-11(9)15/h2-3,5-7,12,19H,4,16H2,1H3. The summed E-state index contributed by atoms with van der Waals surface area (Å²) < 4.78 is 13.7. The SMILES string of the molecule is Cc1cnc(C(Cc2ccc(Cl)cc2F)NN)cn1. The van der Waals surface area contributed by atoms with Gasteiger partial charge in [-0.2, -0.15) is 0 Å². The molecule has 0 bridgehead atoms. The van der Waals surface area contributed by atoms with E-state index in [2.05, 4.69) is 15.4 Å². The minimum atomic E-state index is -0.354. The molecule has 1 aromatic heterocycles. The number of aryl methyl sites for hydroxylation is 1. The molecular formula is C13H14ClFN4. The van der Waals surface area contributed by atoms with Crippen molar-refractivity contribution in [3.8, 4) is 0 Å². The van der Waals surface area contributed by atoms with Crippen molar-refractivity contribution in [2.45, 2.75) is 19.4 Å². The molecule has 4 nitrogen and oxygen atoms in total. The number of benzene rings is 1. The first-order valence-electron chi connectivity index (χ1n) is 5.78. The van der Waals surface area contributed by atoms with Gasteiger partial charge in [-0.3, -0.25) is 21.2 Å².